The van der Waals surface area contributed by atoms with Crippen LogP contribution in [0.15, 0.2) is 12.1 Å². The molecule has 0 bridgehead atoms. The van der Waals surface area contributed by atoms with Crippen molar-refractivity contribution in [2.45, 2.75) is 13.3 Å². The lowest BCUT2D eigenvalue weighted by molar-refractivity contribution is -0.132. The van der Waals surface area contributed by atoms with E-state index in [4.69, 9.17) is 16.3 Å². The molecule has 1 amide bonds. The topological polar surface area (TPSA) is 32.8 Å². The zero-order valence-electron chi connectivity index (χ0n) is 12.3. The van der Waals surface area contributed by atoms with E-state index in [2.05, 4.69) is 11.9 Å². The highest BCUT2D eigenvalue weighted by molar-refractivity contribution is 6.32. The number of methoxy groups -OCH3 is 1. The molecule has 0 N–H and O–H groups in total. The Kier molecular flexibility index (Phi) is 4.89. The number of amides is 1. The van der Waals surface area contributed by atoms with Crippen molar-refractivity contribution in [3.63, 3.8) is 0 Å². The first-order valence-electron chi connectivity index (χ1n) is 6.80. The lowest BCUT2D eigenvalue weighted by atomic mass is 10.0. The number of halogens is 1. The Labute approximate surface area is 125 Å². The van der Waals surface area contributed by atoms with Crippen molar-refractivity contribution in [2.24, 2.45) is 0 Å². The summed E-state index contributed by atoms with van der Waals surface area (Å²) in [5, 5.41) is 0.555. The van der Waals surface area contributed by atoms with E-state index in [-0.39, 0.29) is 5.91 Å². The van der Waals surface area contributed by atoms with Gasteiger partial charge in [0.15, 0.2) is 0 Å². The van der Waals surface area contributed by atoms with Crippen molar-refractivity contribution >= 4 is 17.5 Å². The molecule has 2 rings (SSSR count). The van der Waals surface area contributed by atoms with Gasteiger partial charge < -0.3 is 14.5 Å². The maximum Gasteiger partial charge on any atom is 0.227 e. The quantitative estimate of drug-likeness (QED) is 0.855. The summed E-state index contributed by atoms with van der Waals surface area (Å²) in [6.07, 6.45) is 0.402. The van der Waals surface area contributed by atoms with Gasteiger partial charge in [0.1, 0.15) is 5.75 Å². The molecule has 1 saturated heterocycles. The molecule has 0 radical (unpaired) electrons. The summed E-state index contributed by atoms with van der Waals surface area (Å²) >= 11 is 6.13. The normalized spacial score (nSPS) is 16.3. The lowest BCUT2D eigenvalue weighted by Crippen LogP contribution is -2.47. The molecule has 0 atom stereocenters. The number of aryl methyl sites for hydroxylation is 1. The number of nitrogens with zero attached hydrogens (tertiary/aromatic N) is 2. The standard InChI is InChI=1S/C15H21ClN2O2/c1-11-8-14(20-3)13(16)9-12(11)10-15(19)18-6-4-17(2)5-7-18/h8-9H,4-7,10H2,1-3H3. The summed E-state index contributed by atoms with van der Waals surface area (Å²) in [6.45, 7) is 5.46. The van der Waals surface area contributed by atoms with Crippen LogP contribution in [-0.2, 0) is 11.2 Å². The SMILES string of the molecule is COc1cc(C)c(CC(=O)N2CCN(C)CC2)cc1Cl. The molecular formula is C15H21ClN2O2. The number of benzene rings is 1. The Hall–Kier alpha value is -1.26. The van der Waals surface area contributed by atoms with Gasteiger partial charge in [-0.25, -0.2) is 0 Å². The minimum atomic E-state index is 0.169. The third-order valence-electron chi connectivity index (χ3n) is 3.81. The van der Waals surface area contributed by atoms with Crippen molar-refractivity contribution in [3.05, 3.63) is 28.3 Å². The molecule has 1 fully saturated rings. The summed E-state index contributed by atoms with van der Waals surface area (Å²) in [7, 11) is 3.67. The van der Waals surface area contributed by atoms with E-state index in [0.29, 0.717) is 17.2 Å². The number of hydrogen-bond acceptors (Lipinski definition) is 3. The van der Waals surface area contributed by atoms with Crippen LogP contribution >= 0.6 is 11.6 Å². The van der Waals surface area contributed by atoms with Crippen molar-refractivity contribution < 1.29 is 9.53 Å². The third kappa shape index (κ3) is 3.44. The first-order chi connectivity index (χ1) is 9.51. The second-order valence-electron chi connectivity index (χ2n) is 5.27. The molecule has 1 aromatic carbocycles. The highest BCUT2D eigenvalue weighted by atomic mass is 35.5. The number of piperazine rings is 1. The fourth-order valence-corrected chi connectivity index (χ4v) is 2.64. The average molecular weight is 297 g/mol. The van der Waals surface area contributed by atoms with Gasteiger partial charge in [-0.15, -0.1) is 0 Å². The number of hydrogen-bond donors (Lipinski definition) is 0. The van der Waals surface area contributed by atoms with Gasteiger partial charge >= 0.3 is 0 Å². The molecule has 110 valence electrons. The van der Waals surface area contributed by atoms with Gasteiger partial charge in [0.25, 0.3) is 0 Å². The molecule has 0 unspecified atom stereocenters. The summed E-state index contributed by atoms with van der Waals surface area (Å²) in [5.41, 5.74) is 2.01. The Morgan fingerprint density at radius 2 is 1.95 bits per heavy atom. The molecule has 0 aromatic heterocycles. The molecule has 0 aliphatic carbocycles. The highest BCUT2D eigenvalue weighted by Gasteiger charge is 2.20. The van der Waals surface area contributed by atoms with Crippen LogP contribution < -0.4 is 4.74 Å². The van der Waals surface area contributed by atoms with Crippen LogP contribution in [-0.4, -0.2) is 56.0 Å². The van der Waals surface area contributed by atoms with E-state index < -0.39 is 0 Å². The largest absolute Gasteiger partial charge is 0.495 e. The second-order valence-corrected chi connectivity index (χ2v) is 5.68. The van der Waals surface area contributed by atoms with E-state index >= 15 is 0 Å². The summed E-state index contributed by atoms with van der Waals surface area (Å²) in [4.78, 5) is 16.5. The smallest absolute Gasteiger partial charge is 0.227 e. The van der Waals surface area contributed by atoms with Gasteiger partial charge in [0.2, 0.25) is 5.91 Å². The molecule has 0 spiro atoms. The van der Waals surface area contributed by atoms with Crippen molar-refractivity contribution in [2.75, 3.05) is 40.3 Å². The molecule has 0 saturated carbocycles. The van der Waals surface area contributed by atoms with Gasteiger partial charge in [-0.2, -0.15) is 0 Å². The zero-order chi connectivity index (χ0) is 14.7. The fourth-order valence-electron chi connectivity index (χ4n) is 2.37. The van der Waals surface area contributed by atoms with Crippen LogP contribution in [0.4, 0.5) is 0 Å². The van der Waals surface area contributed by atoms with Crippen molar-refractivity contribution in [3.8, 4) is 5.75 Å². The fraction of sp³-hybridized carbons (Fsp3) is 0.533. The summed E-state index contributed by atoms with van der Waals surface area (Å²) in [6, 6.07) is 3.72. The number of carbonyl (C=O) groups excluding carboxylic acids is 1. The first-order valence-corrected chi connectivity index (χ1v) is 7.18. The van der Waals surface area contributed by atoms with E-state index in [0.717, 1.165) is 37.3 Å². The number of rotatable bonds is 3. The van der Waals surface area contributed by atoms with Gasteiger partial charge in [-0.3, -0.25) is 4.79 Å². The summed E-state index contributed by atoms with van der Waals surface area (Å²) in [5.74, 6) is 0.822. The van der Waals surface area contributed by atoms with Crippen LogP contribution in [0.25, 0.3) is 0 Å². The lowest BCUT2D eigenvalue weighted by Gasteiger charge is -2.32. The van der Waals surface area contributed by atoms with Crippen molar-refractivity contribution in [1.29, 1.82) is 0 Å². The Bertz CT molecular complexity index is 497. The average Bonchev–Trinajstić information content (AvgIpc) is 2.43. The van der Waals surface area contributed by atoms with Crippen LogP contribution in [0.3, 0.4) is 0 Å². The van der Waals surface area contributed by atoms with E-state index in [1.54, 1.807) is 7.11 Å². The first kappa shape index (κ1) is 15.1. The van der Waals surface area contributed by atoms with E-state index in [1.165, 1.54) is 0 Å². The van der Waals surface area contributed by atoms with Crippen LogP contribution in [0.1, 0.15) is 11.1 Å². The van der Waals surface area contributed by atoms with E-state index in [1.807, 2.05) is 24.0 Å². The third-order valence-corrected chi connectivity index (χ3v) is 4.10. The van der Waals surface area contributed by atoms with Crippen LogP contribution in [0.2, 0.25) is 5.02 Å². The summed E-state index contributed by atoms with van der Waals surface area (Å²) < 4.78 is 5.18. The molecule has 1 heterocycles. The number of carbonyl (C=O) groups is 1. The minimum absolute atomic E-state index is 0.169. The highest BCUT2D eigenvalue weighted by Crippen LogP contribution is 2.28. The van der Waals surface area contributed by atoms with Gasteiger partial charge in [-0.05, 0) is 37.2 Å². The monoisotopic (exact) mass is 296 g/mol. The van der Waals surface area contributed by atoms with E-state index in [9.17, 15) is 4.79 Å². The molecule has 1 aliphatic rings. The Morgan fingerprint density at radius 1 is 1.30 bits per heavy atom. The minimum Gasteiger partial charge on any atom is -0.495 e. The number of ether oxygens (including phenoxy) is 1. The molecule has 1 aromatic rings. The maximum atomic E-state index is 12.3. The second kappa shape index (κ2) is 6.46. The van der Waals surface area contributed by atoms with Crippen LogP contribution in [0, 0.1) is 6.92 Å². The van der Waals surface area contributed by atoms with Crippen LogP contribution in [0.5, 0.6) is 5.75 Å². The predicted octanol–water partition coefficient (Wildman–Crippen LogP) is 1.97. The number of likely N-dealkylation sites (N-methyl/N-ethyl adjacent to an activating group) is 1. The van der Waals surface area contributed by atoms with Gasteiger partial charge in [0.05, 0.1) is 18.6 Å². The van der Waals surface area contributed by atoms with Gasteiger partial charge in [-0.1, -0.05) is 11.6 Å². The van der Waals surface area contributed by atoms with Crippen molar-refractivity contribution in [1.82, 2.24) is 9.80 Å². The molecule has 4 nitrogen and oxygen atoms in total. The van der Waals surface area contributed by atoms with Gasteiger partial charge in [0, 0.05) is 26.2 Å². The Morgan fingerprint density at radius 3 is 2.55 bits per heavy atom. The predicted molar refractivity (Wildman–Crippen MR) is 80.5 cm³/mol. The molecule has 1 aliphatic heterocycles. The molecule has 5 heteroatoms. The maximum absolute atomic E-state index is 12.3. The zero-order valence-corrected chi connectivity index (χ0v) is 13.0. The molecular weight excluding hydrogens is 276 g/mol. The molecule has 20 heavy (non-hydrogen) atoms. The Balaban J connectivity index is 2.06.